The molecule has 1 atom stereocenters. The maximum Gasteiger partial charge on any atom is 0.105 e. The summed E-state index contributed by atoms with van der Waals surface area (Å²) in [6.45, 7) is 2.36. The smallest absolute Gasteiger partial charge is 0.105 e. The summed E-state index contributed by atoms with van der Waals surface area (Å²) in [7, 11) is 0. The van der Waals surface area contributed by atoms with Crippen LogP contribution < -0.4 is 0 Å². The molecule has 0 aromatic rings. The van der Waals surface area contributed by atoms with Gasteiger partial charge in [0.15, 0.2) is 0 Å². The monoisotopic (exact) mass is 136 g/mol. The molecule has 0 amide bonds. The summed E-state index contributed by atoms with van der Waals surface area (Å²) in [5, 5.41) is 16.4. The molecule has 0 bridgehead atoms. The van der Waals surface area contributed by atoms with Crippen LogP contribution in [0.25, 0.3) is 0 Å². The van der Waals surface area contributed by atoms with Crippen LogP contribution in [0, 0.1) is 0 Å². The van der Waals surface area contributed by atoms with E-state index in [9.17, 15) is 0 Å². The fraction of sp³-hybridized carbons (Fsp3) is 1.00. The molecule has 56 valence electrons. The van der Waals surface area contributed by atoms with E-state index in [-0.39, 0.29) is 13.2 Å². The summed E-state index contributed by atoms with van der Waals surface area (Å²) in [5.74, 6) is 0. The molecule has 0 aromatic carbocycles. The van der Waals surface area contributed by atoms with Gasteiger partial charge in [0.2, 0.25) is 0 Å². The Morgan fingerprint density at radius 3 is 2.56 bits per heavy atom. The van der Waals surface area contributed by atoms with Gasteiger partial charge in [-0.3, -0.25) is 5.26 Å². The van der Waals surface area contributed by atoms with Crippen LogP contribution in [0.1, 0.15) is 6.92 Å². The van der Waals surface area contributed by atoms with Crippen molar-refractivity contribution in [3.63, 3.8) is 0 Å². The molecule has 0 spiro atoms. The van der Waals surface area contributed by atoms with Crippen LogP contribution in [0.4, 0.5) is 0 Å². The van der Waals surface area contributed by atoms with Crippen molar-refractivity contribution < 1.29 is 20.0 Å². The molecule has 0 fully saturated rings. The van der Waals surface area contributed by atoms with Crippen LogP contribution in [0.15, 0.2) is 0 Å². The van der Waals surface area contributed by atoms with Gasteiger partial charge in [-0.2, -0.15) is 0 Å². The minimum absolute atomic E-state index is 0.146. The fourth-order valence-electron chi connectivity index (χ4n) is 0.350. The SMILES string of the molecule is CC(O)COCCOO. The number of ether oxygens (including phenoxy) is 1. The first kappa shape index (κ1) is 8.84. The lowest BCUT2D eigenvalue weighted by atomic mass is 10.4. The zero-order chi connectivity index (χ0) is 7.11. The lowest BCUT2D eigenvalue weighted by Crippen LogP contribution is -2.12. The molecule has 0 aromatic heterocycles. The van der Waals surface area contributed by atoms with Crippen molar-refractivity contribution in [3.8, 4) is 0 Å². The molecule has 9 heavy (non-hydrogen) atoms. The topological polar surface area (TPSA) is 58.9 Å². The van der Waals surface area contributed by atoms with Crippen LogP contribution in [0.3, 0.4) is 0 Å². The Kier molecular flexibility index (Phi) is 5.86. The van der Waals surface area contributed by atoms with E-state index in [1.165, 1.54) is 0 Å². The summed E-state index contributed by atoms with van der Waals surface area (Å²) in [5.41, 5.74) is 0. The van der Waals surface area contributed by atoms with E-state index < -0.39 is 6.10 Å². The summed E-state index contributed by atoms with van der Waals surface area (Å²) >= 11 is 0. The highest BCUT2D eigenvalue weighted by Crippen LogP contribution is 1.81. The van der Waals surface area contributed by atoms with Crippen LogP contribution in [0.2, 0.25) is 0 Å². The molecule has 0 rings (SSSR count). The van der Waals surface area contributed by atoms with E-state index in [1.807, 2.05) is 0 Å². The van der Waals surface area contributed by atoms with Gasteiger partial charge in [0.25, 0.3) is 0 Å². The molecule has 0 saturated heterocycles. The first-order chi connectivity index (χ1) is 4.27. The summed E-state index contributed by atoms with van der Waals surface area (Å²) in [6.07, 6.45) is -0.455. The molecule has 0 radical (unpaired) electrons. The van der Waals surface area contributed by atoms with E-state index in [0.717, 1.165) is 0 Å². The van der Waals surface area contributed by atoms with Crippen molar-refractivity contribution in [1.82, 2.24) is 0 Å². The largest absolute Gasteiger partial charge is 0.391 e. The highest BCUT2D eigenvalue weighted by atomic mass is 17.1. The lowest BCUT2D eigenvalue weighted by Gasteiger charge is -2.03. The van der Waals surface area contributed by atoms with Crippen molar-refractivity contribution in [2.45, 2.75) is 13.0 Å². The summed E-state index contributed by atoms with van der Waals surface area (Å²) in [6, 6.07) is 0. The second-order valence-corrected chi connectivity index (χ2v) is 1.76. The average Bonchev–Trinajstić information content (AvgIpc) is 1.80. The quantitative estimate of drug-likeness (QED) is 0.314. The minimum atomic E-state index is -0.455. The third-order valence-electron chi connectivity index (χ3n) is 0.678. The first-order valence-corrected chi connectivity index (χ1v) is 2.79. The highest BCUT2D eigenvalue weighted by Gasteiger charge is 1.93. The Morgan fingerprint density at radius 1 is 1.44 bits per heavy atom. The molecule has 0 aliphatic carbocycles. The van der Waals surface area contributed by atoms with Crippen molar-refractivity contribution in [1.29, 1.82) is 0 Å². The Morgan fingerprint density at radius 2 is 2.11 bits per heavy atom. The number of aliphatic hydroxyl groups is 1. The molecule has 4 nitrogen and oxygen atoms in total. The van der Waals surface area contributed by atoms with Gasteiger partial charge in [0, 0.05) is 0 Å². The Balaban J connectivity index is 2.75. The second kappa shape index (κ2) is 5.97. The van der Waals surface area contributed by atoms with Crippen molar-refractivity contribution >= 4 is 0 Å². The standard InChI is InChI=1S/C5H12O4/c1-5(6)4-8-2-3-9-7/h5-7H,2-4H2,1H3. The van der Waals surface area contributed by atoms with E-state index >= 15 is 0 Å². The summed E-state index contributed by atoms with van der Waals surface area (Å²) < 4.78 is 4.80. The van der Waals surface area contributed by atoms with E-state index in [2.05, 4.69) is 4.89 Å². The Bertz CT molecular complexity index is 54.9. The van der Waals surface area contributed by atoms with Gasteiger partial charge in [-0.15, -0.1) is 0 Å². The lowest BCUT2D eigenvalue weighted by molar-refractivity contribution is -0.249. The van der Waals surface area contributed by atoms with Crippen molar-refractivity contribution in [3.05, 3.63) is 0 Å². The molecule has 0 aliphatic rings. The van der Waals surface area contributed by atoms with E-state index in [4.69, 9.17) is 15.1 Å². The van der Waals surface area contributed by atoms with Crippen LogP contribution in [-0.2, 0) is 9.62 Å². The van der Waals surface area contributed by atoms with Crippen LogP contribution >= 0.6 is 0 Å². The molecular weight excluding hydrogens is 124 g/mol. The van der Waals surface area contributed by atoms with Crippen LogP contribution in [0.5, 0.6) is 0 Å². The van der Waals surface area contributed by atoms with Gasteiger partial charge < -0.3 is 9.84 Å². The summed E-state index contributed by atoms with van der Waals surface area (Å²) in [4.78, 5) is 3.72. The van der Waals surface area contributed by atoms with Gasteiger partial charge in [-0.05, 0) is 6.92 Å². The van der Waals surface area contributed by atoms with Gasteiger partial charge in [0.1, 0.15) is 6.61 Å². The first-order valence-electron chi connectivity index (χ1n) is 2.79. The normalized spacial score (nSPS) is 13.7. The van der Waals surface area contributed by atoms with Crippen molar-refractivity contribution in [2.75, 3.05) is 19.8 Å². The van der Waals surface area contributed by atoms with E-state index in [1.54, 1.807) is 6.92 Å². The highest BCUT2D eigenvalue weighted by molar-refractivity contribution is 4.39. The third-order valence-corrected chi connectivity index (χ3v) is 0.678. The third kappa shape index (κ3) is 7.84. The van der Waals surface area contributed by atoms with Gasteiger partial charge in [0.05, 0.1) is 19.3 Å². The number of hydrogen-bond donors (Lipinski definition) is 2. The average molecular weight is 136 g/mol. The predicted octanol–water partition coefficient (Wildman–Crippen LogP) is -0.127. The zero-order valence-corrected chi connectivity index (χ0v) is 5.41. The fourth-order valence-corrected chi connectivity index (χ4v) is 0.350. The molecule has 1 unspecified atom stereocenters. The number of hydrogen-bond acceptors (Lipinski definition) is 4. The number of aliphatic hydroxyl groups excluding tert-OH is 1. The molecule has 4 heteroatoms. The zero-order valence-electron chi connectivity index (χ0n) is 5.41. The Labute approximate surface area is 53.9 Å². The van der Waals surface area contributed by atoms with Crippen LogP contribution in [-0.4, -0.2) is 36.3 Å². The molecule has 0 heterocycles. The van der Waals surface area contributed by atoms with E-state index in [0.29, 0.717) is 6.61 Å². The van der Waals surface area contributed by atoms with Gasteiger partial charge >= 0.3 is 0 Å². The minimum Gasteiger partial charge on any atom is -0.391 e. The van der Waals surface area contributed by atoms with Gasteiger partial charge in [-0.25, -0.2) is 4.89 Å². The second-order valence-electron chi connectivity index (χ2n) is 1.76. The number of rotatable bonds is 5. The maximum absolute atomic E-state index is 8.62. The molecule has 0 aliphatic heterocycles. The Hall–Kier alpha value is -0.160. The van der Waals surface area contributed by atoms with Crippen molar-refractivity contribution in [2.24, 2.45) is 0 Å². The van der Waals surface area contributed by atoms with Gasteiger partial charge in [-0.1, -0.05) is 0 Å². The predicted molar refractivity (Wildman–Crippen MR) is 31.1 cm³/mol. The molecule has 2 N–H and O–H groups in total. The maximum atomic E-state index is 8.62. The molecule has 0 saturated carbocycles. The molecular formula is C5H12O4.